The van der Waals surface area contributed by atoms with Gasteiger partial charge < -0.3 is 10.3 Å². The summed E-state index contributed by atoms with van der Waals surface area (Å²) in [4.78, 5) is 14.1. The van der Waals surface area contributed by atoms with Crippen LogP contribution in [0.2, 0.25) is 5.02 Å². The summed E-state index contributed by atoms with van der Waals surface area (Å²) in [5, 5.41) is 11.7. The number of halogens is 1. The van der Waals surface area contributed by atoms with Gasteiger partial charge in [0.15, 0.2) is 0 Å². The predicted molar refractivity (Wildman–Crippen MR) is 99.7 cm³/mol. The molecule has 7 nitrogen and oxygen atoms in total. The summed E-state index contributed by atoms with van der Waals surface area (Å²) in [6.45, 7) is 3.43. The molecule has 0 aromatic heterocycles. The van der Waals surface area contributed by atoms with E-state index in [4.69, 9.17) is 16.8 Å². The van der Waals surface area contributed by atoms with Gasteiger partial charge in [-0.1, -0.05) is 11.6 Å². The molecule has 4 rings (SSSR count). The van der Waals surface area contributed by atoms with Gasteiger partial charge in [0.05, 0.1) is 23.6 Å². The second-order valence-corrected chi connectivity index (χ2v) is 6.60. The van der Waals surface area contributed by atoms with E-state index in [0.717, 1.165) is 34.9 Å². The zero-order chi connectivity index (χ0) is 18.3. The molecule has 0 unspecified atom stereocenters. The van der Waals surface area contributed by atoms with Gasteiger partial charge in [-0.3, -0.25) is 15.0 Å². The fourth-order valence-electron chi connectivity index (χ4n) is 3.35. The highest BCUT2D eigenvalue weighted by molar-refractivity contribution is 6.30. The average Bonchev–Trinajstić information content (AvgIpc) is 2.94. The number of hydroxylamine groups is 1. The quantitative estimate of drug-likeness (QED) is 0.480. The smallest absolute Gasteiger partial charge is 0.274 e. The van der Waals surface area contributed by atoms with Gasteiger partial charge in [0.2, 0.25) is 0 Å². The molecule has 8 heteroatoms. The van der Waals surface area contributed by atoms with Crippen LogP contribution in [-0.2, 0) is 0 Å². The van der Waals surface area contributed by atoms with E-state index in [1.54, 1.807) is 17.6 Å². The first kappa shape index (κ1) is 16.7. The Bertz CT molecular complexity index is 897. The summed E-state index contributed by atoms with van der Waals surface area (Å²) >= 11 is 6.03. The van der Waals surface area contributed by atoms with E-state index in [-0.39, 0.29) is 0 Å². The lowest BCUT2D eigenvalue weighted by molar-refractivity contribution is 0.0706. The molecule has 2 aromatic rings. The van der Waals surface area contributed by atoms with Gasteiger partial charge in [0.1, 0.15) is 0 Å². The Morgan fingerprint density at radius 3 is 2.69 bits per heavy atom. The van der Waals surface area contributed by atoms with Crippen LogP contribution < -0.4 is 21.3 Å². The van der Waals surface area contributed by atoms with Crippen LogP contribution in [0.5, 0.6) is 0 Å². The van der Waals surface area contributed by atoms with Crippen LogP contribution in [0.1, 0.15) is 22.8 Å². The first-order valence-corrected chi connectivity index (χ1v) is 8.58. The highest BCUT2D eigenvalue weighted by Gasteiger charge is 2.29. The van der Waals surface area contributed by atoms with Crippen molar-refractivity contribution in [3.05, 3.63) is 64.3 Å². The molecule has 2 aromatic carbocycles. The molecule has 0 bridgehead atoms. The van der Waals surface area contributed by atoms with Crippen molar-refractivity contribution in [1.82, 2.24) is 21.4 Å². The highest BCUT2D eigenvalue weighted by atomic mass is 35.5. The molecule has 0 saturated heterocycles. The number of nitrogens with one attached hydrogen (secondary N) is 3. The molecule has 0 fully saturated rings. The molecule has 1 amide bonds. The second-order valence-electron chi connectivity index (χ2n) is 6.16. The Kier molecular flexibility index (Phi) is 4.20. The summed E-state index contributed by atoms with van der Waals surface area (Å²) in [5.74, 6) is -0.543. The Labute approximate surface area is 155 Å². The van der Waals surface area contributed by atoms with E-state index in [9.17, 15) is 4.79 Å². The number of hydrazine groups is 2. The molecule has 2 aliphatic heterocycles. The number of hydrogen-bond acceptors (Lipinski definition) is 6. The van der Waals surface area contributed by atoms with Crippen molar-refractivity contribution in [3.8, 4) is 0 Å². The second kappa shape index (κ2) is 6.53. The first-order chi connectivity index (χ1) is 12.6. The van der Waals surface area contributed by atoms with Crippen LogP contribution in [0.25, 0.3) is 5.70 Å². The number of anilines is 2. The van der Waals surface area contributed by atoms with Crippen molar-refractivity contribution in [2.24, 2.45) is 0 Å². The number of nitrogens with zero attached hydrogens (tertiary/aromatic N) is 2. The van der Waals surface area contributed by atoms with E-state index >= 15 is 0 Å². The number of rotatable bonds is 2. The van der Waals surface area contributed by atoms with Crippen LogP contribution in [-0.4, -0.2) is 29.2 Å². The minimum atomic E-state index is -0.543. The predicted octanol–water partition coefficient (Wildman–Crippen LogP) is 2.62. The standard InChI is InChI=1S/C18H18ClN5O2/c1-11-17-15-7-2-12(18(25)21-26)10-16(15)23(8-9-24(17)22-20-11)14-5-3-13(19)4-6-14/h2-7,10,20,22,26H,8-9H2,1H3,(H,21,25). The van der Waals surface area contributed by atoms with E-state index in [2.05, 4.69) is 20.9 Å². The minimum absolute atomic E-state index is 0.385. The lowest BCUT2D eigenvalue weighted by atomic mass is 10.0. The van der Waals surface area contributed by atoms with Crippen LogP contribution >= 0.6 is 11.6 Å². The molecular weight excluding hydrogens is 354 g/mol. The van der Waals surface area contributed by atoms with Crippen molar-refractivity contribution < 1.29 is 10.0 Å². The molecule has 2 heterocycles. The highest BCUT2D eigenvalue weighted by Crippen LogP contribution is 2.39. The maximum absolute atomic E-state index is 11.9. The van der Waals surface area contributed by atoms with Crippen molar-refractivity contribution in [3.63, 3.8) is 0 Å². The Morgan fingerprint density at radius 1 is 1.19 bits per heavy atom. The van der Waals surface area contributed by atoms with Crippen molar-refractivity contribution in [1.29, 1.82) is 0 Å². The van der Waals surface area contributed by atoms with Gasteiger partial charge in [0.25, 0.3) is 5.91 Å². The zero-order valence-electron chi connectivity index (χ0n) is 14.1. The van der Waals surface area contributed by atoms with Crippen LogP contribution in [0, 0.1) is 0 Å². The monoisotopic (exact) mass is 371 g/mol. The minimum Gasteiger partial charge on any atom is -0.339 e. The molecule has 26 heavy (non-hydrogen) atoms. The van der Waals surface area contributed by atoms with E-state index < -0.39 is 5.91 Å². The maximum atomic E-state index is 11.9. The molecule has 0 radical (unpaired) electrons. The molecule has 4 N–H and O–H groups in total. The SMILES string of the molecule is CC1=C2c3ccc(C(=O)NO)cc3N(c3ccc(Cl)cc3)CCN2NN1. The third-order valence-electron chi connectivity index (χ3n) is 4.60. The first-order valence-electron chi connectivity index (χ1n) is 8.20. The maximum Gasteiger partial charge on any atom is 0.274 e. The Balaban J connectivity index is 1.89. The molecule has 0 aliphatic carbocycles. The number of allylic oxidation sites excluding steroid dienone is 1. The third-order valence-corrected chi connectivity index (χ3v) is 4.85. The summed E-state index contributed by atoms with van der Waals surface area (Å²) in [6, 6.07) is 13.0. The number of carbonyl (C=O) groups excluding carboxylic acids is 1. The summed E-state index contributed by atoms with van der Waals surface area (Å²) in [6.07, 6.45) is 0. The van der Waals surface area contributed by atoms with Crippen LogP contribution in [0.4, 0.5) is 11.4 Å². The Morgan fingerprint density at radius 2 is 1.96 bits per heavy atom. The number of amides is 1. The number of hydrogen-bond donors (Lipinski definition) is 4. The molecular formula is C18H18ClN5O2. The Hall–Kier alpha value is -2.74. The normalized spacial score (nSPS) is 16.0. The number of carbonyl (C=O) groups is 1. The summed E-state index contributed by atoms with van der Waals surface area (Å²) < 4.78 is 0. The topological polar surface area (TPSA) is 79.9 Å². The van der Waals surface area contributed by atoms with E-state index in [1.165, 1.54) is 0 Å². The fourth-order valence-corrected chi connectivity index (χ4v) is 3.48. The van der Waals surface area contributed by atoms with Crippen molar-refractivity contribution in [2.75, 3.05) is 18.0 Å². The number of fused-ring (bicyclic) bond motifs is 3. The molecule has 0 atom stereocenters. The average molecular weight is 372 g/mol. The van der Waals surface area contributed by atoms with Gasteiger partial charge in [-0.25, -0.2) is 5.48 Å². The van der Waals surface area contributed by atoms with E-state index in [1.807, 2.05) is 37.3 Å². The zero-order valence-corrected chi connectivity index (χ0v) is 14.8. The largest absolute Gasteiger partial charge is 0.339 e. The molecule has 0 saturated carbocycles. The van der Waals surface area contributed by atoms with Gasteiger partial charge in [-0.05, 0) is 49.4 Å². The lowest BCUT2D eigenvalue weighted by Gasteiger charge is -2.25. The fraction of sp³-hybridized carbons (Fsp3) is 0.167. The summed E-state index contributed by atoms with van der Waals surface area (Å²) in [7, 11) is 0. The lowest BCUT2D eigenvalue weighted by Crippen LogP contribution is -2.40. The third kappa shape index (κ3) is 2.76. The van der Waals surface area contributed by atoms with Crippen LogP contribution in [0.3, 0.4) is 0 Å². The summed E-state index contributed by atoms with van der Waals surface area (Å²) in [5.41, 5.74) is 13.3. The van der Waals surface area contributed by atoms with E-state index in [0.29, 0.717) is 17.1 Å². The van der Waals surface area contributed by atoms with Gasteiger partial charge in [0, 0.05) is 28.4 Å². The molecule has 134 valence electrons. The number of benzene rings is 2. The molecule has 0 spiro atoms. The van der Waals surface area contributed by atoms with Crippen LogP contribution in [0.15, 0.2) is 48.2 Å². The molecule has 2 aliphatic rings. The van der Waals surface area contributed by atoms with Gasteiger partial charge >= 0.3 is 0 Å². The van der Waals surface area contributed by atoms with Gasteiger partial charge in [-0.2, -0.15) is 0 Å². The van der Waals surface area contributed by atoms with Crippen molar-refractivity contribution >= 4 is 34.6 Å². The van der Waals surface area contributed by atoms with Gasteiger partial charge in [-0.15, -0.1) is 5.53 Å². The van der Waals surface area contributed by atoms with Crippen molar-refractivity contribution in [2.45, 2.75) is 6.92 Å².